The molecule has 4 nitrogen and oxygen atoms in total. The Kier molecular flexibility index (Phi) is 4.69. The Morgan fingerprint density at radius 1 is 1.62 bits per heavy atom. The predicted octanol–water partition coefficient (Wildman–Crippen LogP) is 1.92. The lowest BCUT2D eigenvalue weighted by Gasteiger charge is -2.30. The average Bonchev–Trinajstić information content (AvgIpc) is 2.81. The number of aromatic nitrogens is 1. The first-order valence-electron chi connectivity index (χ1n) is 5.77. The minimum atomic E-state index is 0.402. The van der Waals surface area contributed by atoms with Crippen molar-refractivity contribution in [3.8, 4) is 0 Å². The molecule has 1 aromatic rings. The number of nitrogens with one attached hydrogen (secondary N) is 1. The molecule has 1 N–H and O–H groups in total. The Morgan fingerprint density at radius 3 is 3.31 bits per heavy atom. The van der Waals surface area contributed by atoms with Gasteiger partial charge in [0.15, 0.2) is 0 Å². The highest BCUT2D eigenvalue weighted by molar-refractivity contribution is 7.99. The van der Waals surface area contributed by atoms with Gasteiger partial charge in [0.25, 0.3) is 5.22 Å². The highest BCUT2D eigenvalue weighted by atomic mass is 32.2. The number of rotatable bonds is 5. The van der Waals surface area contributed by atoms with Crippen molar-refractivity contribution in [3.63, 3.8) is 0 Å². The van der Waals surface area contributed by atoms with Crippen molar-refractivity contribution in [2.24, 2.45) is 0 Å². The molecular formula is C11H18N2O2S. The average molecular weight is 242 g/mol. The molecular weight excluding hydrogens is 224 g/mol. The molecule has 2 rings (SSSR count). The fourth-order valence-electron chi connectivity index (χ4n) is 1.79. The van der Waals surface area contributed by atoms with Gasteiger partial charge in [-0.15, -0.1) is 0 Å². The van der Waals surface area contributed by atoms with Crippen LogP contribution in [0, 0.1) is 0 Å². The van der Waals surface area contributed by atoms with Crippen molar-refractivity contribution in [2.75, 3.05) is 19.8 Å². The largest absolute Gasteiger partial charge is 0.440 e. The third-order valence-electron chi connectivity index (χ3n) is 2.62. The molecule has 5 heteroatoms. The zero-order chi connectivity index (χ0) is 11.2. The van der Waals surface area contributed by atoms with Crippen molar-refractivity contribution in [1.29, 1.82) is 0 Å². The van der Waals surface area contributed by atoms with Crippen molar-refractivity contribution < 1.29 is 9.15 Å². The maximum atomic E-state index is 5.51. The molecule has 0 aliphatic carbocycles. The van der Waals surface area contributed by atoms with Crippen LogP contribution in [-0.4, -0.2) is 36.0 Å². The van der Waals surface area contributed by atoms with Crippen LogP contribution in [0.4, 0.5) is 0 Å². The van der Waals surface area contributed by atoms with E-state index < -0.39 is 0 Å². The molecule has 0 bridgehead atoms. The number of thioether (sulfide) groups is 1. The fourth-order valence-corrected chi connectivity index (χ4v) is 2.84. The van der Waals surface area contributed by atoms with Gasteiger partial charge in [0.1, 0.15) is 6.26 Å². The quantitative estimate of drug-likeness (QED) is 0.855. The summed E-state index contributed by atoms with van der Waals surface area (Å²) in [4.78, 5) is 4.14. The lowest BCUT2D eigenvalue weighted by Crippen LogP contribution is -2.45. The van der Waals surface area contributed by atoms with E-state index in [1.165, 1.54) is 0 Å². The van der Waals surface area contributed by atoms with Crippen molar-refractivity contribution in [2.45, 2.75) is 36.3 Å². The van der Waals surface area contributed by atoms with E-state index in [-0.39, 0.29) is 0 Å². The molecule has 0 aromatic carbocycles. The minimum absolute atomic E-state index is 0.402. The smallest absolute Gasteiger partial charge is 0.255 e. The topological polar surface area (TPSA) is 47.3 Å². The van der Waals surface area contributed by atoms with E-state index in [2.05, 4.69) is 17.2 Å². The highest BCUT2D eigenvalue weighted by Crippen LogP contribution is 2.27. The minimum Gasteiger partial charge on any atom is -0.440 e. The molecule has 2 heterocycles. The predicted molar refractivity (Wildman–Crippen MR) is 63.7 cm³/mol. The Labute approximate surface area is 100 Å². The molecule has 1 fully saturated rings. The lowest BCUT2D eigenvalue weighted by molar-refractivity contribution is 0.0830. The number of ether oxygens (including phenoxy) is 1. The van der Waals surface area contributed by atoms with Gasteiger partial charge in [-0.2, -0.15) is 0 Å². The first-order valence-corrected chi connectivity index (χ1v) is 6.65. The molecule has 1 saturated heterocycles. The molecule has 0 amide bonds. The van der Waals surface area contributed by atoms with Gasteiger partial charge in [-0.05, 0) is 19.4 Å². The van der Waals surface area contributed by atoms with Crippen LogP contribution in [0.5, 0.6) is 0 Å². The summed E-state index contributed by atoms with van der Waals surface area (Å²) in [5.41, 5.74) is 0. The molecule has 2 atom stereocenters. The summed E-state index contributed by atoms with van der Waals surface area (Å²) in [7, 11) is 0. The summed E-state index contributed by atoms with van der Waals surface area (Å²) in [5, 5.41) is 4.70. The van der Waals surface area contributed by atoms with Crippen molar-refractivity contribution in [1.82, 2.24) is 10.3 Å². The molecule has 1 aromatic heterocycles. The molecule has 1 aliphatic heterocycles. The van der Waals surface area contributed by atoms with Gasteiger partial charge >= 0.3 is 0 Å². The van der Waals surface area contributed by atoms with Crippen LogP contribution in [0.25, 0.3) is 0 Å². The zero-order valence-electron chi connectivity index (χ0n) is 9.52. The summed E-state index contributed by atoms with van der Waals surface area (Å²) >= 11 is 1.66. The monoisotopic (exact) mass is 242 g/mol. The summed E-state index contributed by atoms with van der Waals surface area (Å²) in [6, 6.07) is 0.505. The van der Waals surface area contributed by atoms with Gasteiger partial charge in [-0.25, -0.2) is 4.98 Å². The second-order valence-corrected chi connectivity index (χ2v) is 5.07. The summed E-state index contributed by atoms with van der Waals surface area (Å²) in [6.07, 6.45) is 5.52. The number of hydrogen-bond donors (Lipinski definition) is 1. The maximum absolute atomic E-state index is 5.51. The molecule has 90 valence electrons. The van der Waals surface area contributed by atoms with E-state index in [9.17, 15) is 0 Å². The Bertz CT molecular complexity index is 292. The molecule has 16 heavy (non-hydrogen) atoms. The third kappa shape index (κ3) is 3.23. The fraction of sp³-hybridized carbons (Fsp3) is 0.727. The first kappa shape index (κ1) is 12.0. The normalized spacial score (nSPS) is 25.8. The number of oxazole rings is 1. The molecule has 0 radical (unpaired) electrons. The molecule has 1 aliphatic rings. The van der Waals surface area contributed by atoms with E-state index in [1.807, 2.05) is 0 Å². The number of nitrogens with zero attached hydrogens (tertiary/aromatic N) is 1. The van der Waals surface area contributed by atoms with Gasteiger partial charge in [0, 0.05) is 12.6 Å². The van der Waals surface area contributed by atoms with Gasteiger partial charge < -0.3 is 14.5 Å². The Morgan fingerprint density at radius 2 is 2.56 bits per heavy atom. The molecule has 0 saturated carbocycles. The lowest BCUT2D eigenvalue weighted by atomic mass is 10.1. The van der Waals surface area contributed by atoms with Crippen molar-refractivity contribution in [3.05, 3.63) is 12.5 Å². The van der Waals surface area contributed by atoms with E-state index >= 15 is 0 Å². The van der Waals surface area contributed by atoms with Gasteiger partial charge in [-0.3, -0.25) is 0 Å². The maximum Gasteiger partial charge on any atom is 0.255 e. The van der Waals surface area contributed by atoms with Crippen LogP contribution in [0.1, 0.15) is 19.8 Å². The summed E-state index contributed by atoms with van der Waals surface area (Å²) < 4.78 is 10.8. The Balaban J connectivity index is 1.88. The standard InChI is InChI=1S/C11H18N2O2S/c1-2-4-12-9-3-6-14-8-10(9)16-11-13-5-7-15-11/h5,7,9-10,12H,2-4,6,8H2,1H3. The first-order chi connectivity index (χ1) is 7.90. The van der Waals surface area contributed by atoms with Crippen LogP contribution >= 0.6 is 11.8 Å². The molecule has 2 unspecified atom stereocenters. The SMILES string of the molecule is CCCNC1CCOCC1Sc1ncco1. The van der Waals surface area contributed by atoms with Crippen LogP contribution < -0.4 is 5.32 Å². The second-order valence-electron chi connectivity index (χ2n) is 3.88. The summed E-state index contributed by atoms with van der Waals surface area (Å²) in [5.74, 6) is 0. The highest BCUT2D eigenvalue weighted by Gasteiger charge is 2.27. The van der Waals surface area contributed by atoms with Crippen molar-refractivity contribution >= 4 is 11.8 Å². The molecule has 0 spiro atoms. The van der Waals surface area contributed by atoms with Crippen LogP contribution in [-0.2, 0) is 4.74 Å². The van der Waals surface area contributed by atoms with E-state index in [0.29, 0.717) is 11.3 Å². The van der Waals surface area contributed by atoms with E-state index in [0.717, 1.165) is 37.8 Å². The third-order valence-corrected chi connectivity index (χ3v) is 3.79. The van der Waals surface area contributed by atoms with E-state index in [1.54, 1.807) is 24.2 Å². The zero-order valence-corrected chi connectivity index (χ0v) is 10.3. The van der Waals surface area contributed by atoms with Gasteiger partial charge in [0.05, 0.1) is 18.1 Å². The van der Waals surface area contributed by atoms with E-state index in [4.69, 9.17) is 9.15 Å². The van der Waals surface area contributed by atoms with Crippen LogP contribution in [0.15, 0.2) is 22.1 Å². The van der Waals surface area contributed by atoms with Crippen LogP contribution in [0.2, 0.25) is 0 Å². The second kappa shape index (κ2) is 6.27. The summed E-state index contributed by atoms with van der Waals surface area (Å²) in [6.45, 7) is 4.87. The van der Waals surface area contributed by atoms with Gasteiger partial charge in [-0.1, -0.05) is 18.7 Å². The Hall–Kier alpha value is -0.520. The number of hydrogen-bond acceptors (Lipinski definition) is 5. The van der Waals surface area contributed by atoms with Crippen LogP contribution in [0.3, 0.4) is 0 Å². The van der Waals surface area contributed by atoms with Gasteiger partial charge in [0.2, 0.25) is 0 Å².